The average Bonchev–Trinajstić information content (AvgIpc) is 3.11. The van der Waals surface area contributed by atoms with E-state index in [4.69, 9.17) is 21.4 Å². The van der Waals surface area contributed by atoms with Crippen LogP contribution in [0.25, 0.3) is 11.3 Å². The van der Waals surface area contributed by atoms with E-state index in [2.05, 4.69) is 4.37 Å². The van der Waals surface area contributed by atoms with E-state index in [-0.39, 0.29) is 13.0 Å². The molecule has 0 fully saturated rings. The first-order chi connectivity index (χ1) is 13.9. The number of aryl methyl sites for hydroxylation is 1. The first-order valence-electron chi connectivity index (χ1n) is 9.13. The van der Waals surface area contributed by atoms with E-state index in [1.807, 2.05) is 38.1 Å². The molecule has 29 heavy (non-hydrogen) atoms. The molecule has 0 aliphatic rings. The Morgan fingerprint density at radius 2 is 1.90 bits per heavy atom. The molecule has 1 N–H and O–H groups in total. The summed E-state index contributed by atoms with van der Waals surface area (Å²) in [5.74, 6) is -0.125. The van der Waals surface area contributed by atoms with Crippen molar-refractivity contribution in [2.75, 3.05) is 0 Å². The maximum atomic E-state index is 13.5. The number of carboxylic acids is 1. The summed E-state index contributed by atoms with van der Waals surface area (Å²) in [5, 5.41) is 9.52. The van der Waals surface area contributed by atoms with Gasteiger partial charge in [-0.2, -0.15) is 4.37 Å². The Kier molecular flexibility index (Phi) is 6.87. The Hall–Kier alpha value is -2.44. The molecule has 0 saturated carbocycles. The van der Waals surface area contributed by atoms with Crippen molar-refractivity contribution in [3.8, 4) is 17.0 Å². The molecule has 4 nitrogen and oxygen atoms in total. The van der Waals surface area contributed by atoms with Crippen LogP contribution in [0.3, 0.4) is 0 Å². The molecular formula is C22H21ClFNO3S. The SMILES string of the molecule is Cc1c(CCC(=O)O)ccc(OCc2c(-c3ccc(Cl)cc3)nsc2CF)c1C. The number of ether oxygens (including phenoxy) is 1. The molecule has 0 spiro atoms. The van der Waals surface area contributed by atoms with E-state index in [1.54, 1.807) is 12.1 Å². The van der Waals surface area contributed by atoms with Crippen LogP contribution in [0, 0.1) is 13.8 Å². The van der Waals surface area contributed by atoms with Crippen molar-refractivity contribution < 1.29 is 19.0 Å². The number of aromatic nitrogens is 1. The molecule has 0 aliphatic heterocycles. The van der Waals surface area contributed by atoms with Gasteiger partial charge in [0.15, 0.2) is 0 Å². The zero-order valence-corrected chi connectivity index (χ0v) is 17.7. The van der Waals surface area contributed by atoms with Gasteiger partial charge in [-0.15, -0.1) is 0 Å². The largest absolute Gasteiger partial charge is 0.488 e. The summed E-state index contributed by atoms with van der Waals surface area (Å²) < 4.78 is 23.9. The maximum absolute atomic E-state index is 13.5. The first-order valence-corrected chi connectivity index (χ1v) is 10.3. The highest BCUT2D eigenvalue weighted by atomic mass is 35.5. The summed E-state index contributed by atoms with van der Waals surface area (Å²) in [6.07, 6.45) is 0.564. The Morgan fingerprint density at radius 1 is 1.17 bits per heavy atom. The van der Waals surface area contributed by atoms with Gasteiger partial charge in [0.05, 0.1) is 10.6 Å². The molecule has 0 saturated heterocycles. The smallest absolute Gasteiger partial charge is 0.303 e. The summed E-state index contributed by atoms with van der Waals surface area (Å²) in [6, 6.07) is 11.0. The number of nitrogens with zero attached hydrogens (tertiary/aromatic N) is 1. The highest BCUT2D eigenvalue weighted by Crippen LogP contribution is 2.32. The fourth-order valence-corrected chi connectivity index (χ4v) is 3.96. The molecule has 0 unspecified atom stereocenters. The van der Waals surface area contributed by atoms with Crippen molar-refractivity contribution in [1.29, 1.82) is 0 Å². The molecule has 0 radical (unpaired) electrons. The van der Waals surface area contributed by atoms with E-state index in [0.717, 1.165) is 39.3 Å². The minimum Gasteiger partial charge on any atom is -0.488 e. The fraction of sp³-hybridized carbons (Fsp3) is 0.273. The highest BCUT2D eigenvalue weighted by molar-refractivity contribution is 7.06. The predicted octanol–water partition coefficient (Wildman–Crippen LogP) is 6.15. The zero-order valence-electron chi connectivity index (χ0n) is 16.2. The van der Waals surface area contributed by atoms with E-state index in [0.29, 0.717) is 27.8 Å². The lowest BCUT2D eigenvalue weighted by molar-refractivity contribution is -0.136. The Morgan fingerprint density at radius 3 is 2.55 bits per heavy atom. The number of alkyl halides is 1. The van der Waals surface area contributed by atoms with Gasteiger partial charge in [0.1, 0.15) is 19.0 Å². The molecule has 2 aromatic carbocycles. The van der Waals surface area contributed by atoms with Crippen LogP contribution < -0.4 is 4.74 Å². The van der Waals surface area contributed by atoms with E-state index >= 15 is 0 Å². The first kappa shape index (κ1) is 21.3. The minimum absolute atomic E-state index is 0.0887. The van der Waals surface area contributed by atoms with Crippen molar-refractivity contribution in [1.82, 2.24) is 4.37 Å². The number of carboxylic acid groups (broad SMARTS) is 1. The molecule has 7 heteroatoms. The number of rotatable bonds is 8. The van der Waals surface area contributed by atoms with Gasteiger partial charge in [-0.1, -0.05) is 29.8 Å². The van der Waals surface area contributed by atoms with Gasteiger partial charge in [-0.3, -0.25) is 4.79 Å². The second-order valence-corrected chi connectivity index (χ2v) is 8.02. The van der Waals surface area contributed by atoms with Crippen molar-refractivity contribution in [3.05, 3.63) is 68.6 Å². The normalized spacial score (nSPS) is 10.9. The summed E-state index contributed by atoms with van der Waals surface area (Å²) in [6.45, 7) is 3.49. The zero-order chi connectivity index (χ0) is 21.0. The van der Waals surface area contributed by atoms with Crippen molar-refractivity contribution in [2.24, 2.45) is 0 Å². The van der Waals surface area contributed by atoms with Crippen LogP contribution >= 0.6 is 23.1 Å². The van der Waals surface area contributed by atoms with Crippen molar-refractivity contribution >= 4 is 29.1 Å². The number of halogens is 2. The lowest BCUT2D eigenvalue weighted by atomic mass is 9.99. The van der Waals surface area contributed by atoms with Crippen LogP contribution in [-0.2, 0) is 24.5 Å². The van der Waals surface area contributed by atoms with Gasteiger partial charge < -0.3 is 9.84 Å². The molecular weight excluding hydrogens is 413 g/mol. The standard InChI is InChI=1S/C22H21ClFNO3S/c1-13-14(2)19(9-5-15(13)6-10-21(26)27)28-12-18-20(11-24)29-25-22(18)16-3-7-17(23)8-4-16/h3-5,7-9H,6,10-12H2,1-2H3,(H,26,27). The van der Waals surface area contributed by atoms with Gasteiger partial charge >= 0.3 is 5.97 Å². The number of aliphatic carboxylic acids is 1. The van der Waals surface area contributed by atoms with Crippen LogP contribution in [0.4, 0.5) is 4.39 Å². The third-order valence-corrected chi connectivity index (χ3v) is 6.04. The molecule has 1 aromatic heterocycles. The third kappa shape index (κ3) is 4.95. The third-order valence-electron chi connectivity index (χ3n) is 4.94. The molecule has 3 aromatic rings. The second kappa shape index (κ2) is 9.37. The fourth-order valence-electron chi connectivity index (χ4n) is 3.10. The van der Waals surface area contributed by atoms with Crippen molar-refractivity contribution in [2.45, 2.75) is 40.0 Å². The monoisotopic (exact) mass is 433 g/mol. The number of hydrogen-bond acceptors (Lipinski definition) is 4. The second-order valence-electron chi connectivity index (χ2n) is 6.73. The summed E-state index contributed by atoms with van der Waals surface area (Å²) >= 11 is 7.10. The van der Waals surface area contributed by atoms with Crippen LogP contribution in [0.15, 0.2) is 36.4 Å². The summed E-state index contributed by atoms with van der Waals surface area (Å²) in [7, 11) is 0. The lowest BCUT2D eigenvalue weighted by Gasteiger charge is -2.15. The van der Waals surface area contributed by atoms with Gasteiger partial charge in [0.2, 0.25) is 0 Å². The van der Waals surface area contributed by atoms with E-state index < -0.39 is 12.6 Å². The molecule has 0 amide bonds. The minimum atomic E-state index is -0.819. The summed E-state index contributed by atoms with van der Waals surface area (Å²) in [5.41, 5.74) is 5.24. The van der Waals surface area contributed by atoms with Crippen LogP contribution in [-0.4, -0.2) is 15.4 Å². The maximum Gasteiger partial charge on any atom is 0.303 e. The Bertz CT molecular complexity index is 1020. The Balaban J connectivity index is 1.83. The molecule has 1 heterocycles. The van der Waals surface area contributed by atoms with Crippen LogP contribution in [0.5, 0.6) is 5.75 Å². The summed E-state index contributed by atoms with van der Waals surface area (Å²) in [4.78, 5) is 11.4. The highest BCUT2D eigenvalue weighted by Gasteiger charge is 2.17. The van der Waals surface area contributed by atoms with Crippen LogP contribution in [0.2, 0.25) is 5.02 Å². The molecule has 0 bridgehead atoms. The molecule has 0 aliphatic carbocycles. The molecule has 152 valence electrons. The number of hydrogen-bond donors (Lipinski definition) is 1. The van der Waals surface area contributed by atoms with Gasteiger partial charge in [-0.25, -0.2) is 4.39 Å². The quantitative estimate of drug-likeness (QED) is 0.463. The predicted molar refractivity (Wildman–Crippen MR) is 114 cm³/mol. The lowest BCUT2D eigenvalue weighted by Crippen LogP contribution is -2.03. The van der Waals surface area contributed by atoms with E-state index in [1.165, 1.54) is 0 Å². The average molecular weight is 434 g/mol. The molecule has 0 atom stereocenters. The van der Waals surface area contributed by atoms with Gasteiger partial charge in [-0.05, 0) is 66.7 Å². The number of carbonyl (C=O) groups is 1. The number of benzene rings is 2. The van der Waals surface area contributed by atoms with Gasteiger partial charge in [0, 0.05) is 22.6 Å². The van der Waals surface area contributed by atoms with Crippen molar-refractivity contribution in [3.63, 3.8) is 0 Å². The topological polar surface area (TPSA) is 59.4 Å². The van der Waals surface area contributed by atoms with E-state index in [9.17, 15) is 9.18 Å². The van der Waals surface area contributed by atoms with Gasteiger partial charge in [0.25, 0.3) is 0 Å². The Labute approximate surface area is 178 Å². The van der Waals surface area contributed by atoms with Crippen LogP contribution in [0.1, 0.15) is 33.6 Å². The molecule has 3 rings (SSSR count).